The molecule has 0 unspecified atom stereocenters. The Morgan fingerprint density at radius 2 is 1.67 bits per heavy atom. The Balaban J connectivity index is 1.15. The molecule has 0 bridgehead atoms. The molecule has 3 aromatic carbocycles. The molecule has 3 aliphatic heterocycles. The van der Waals surface area contributed by atoms with Gasteiger partial charge in [-0.25, -0.2) is 9.69 Å². The molecule has 3 heterocycles. The Hall–Kier alpha value is -5.32. The van der Waals surface area contributed by atoms with E-state index in [1.165, 1.54) is 25.3 Å². The smallest absolute Gasteiger partial charge is 0.335 e. The standard InChI is InChI=1S/C32H29N3O8/c1-40-27-16-21(7-11-25(27)41-18-20-5-8-22(9-6-20)30(37)34-13-3-2-4-14-34)15-24-29(36)33-32(39)35(31(24)38)23-10-12-26-28(17-23)43-19-42-26/h5-12,15-17H,2-4,13-14,18-19H2,1H3,(H,33,36,39)/b24-15+. The number of ether oxygens (including phenoxy) is 4. The van der Waals surface area contributed by atoms with Crippen molar-refractivity contribution in [1.82, 2.24) is 10.2 Å². The number of hydrogen-bond acceptors (Lipinski definition) is 8. The summed E-state index contributed by atoms with van der Waals surface area (Å²) in [5.74, 6) is 0.181. The predicted octanol–water partition coefficient (Wildman–Crippen LogP) is 4.30. The topological polar surface area (TPSA) is 124 Å². The van der Waals surface area contributed by atoms with Crippen LogP contribution in [0.5, 0.6) is 23.0 Å². The van der Waals surface area contributed by atoms with Gasteiger partial charge in [-0.1, -0.05) is 18.2 Å². The lowest BCUT2D eigenvalue weighted by atomic mass is 10.1. The maximum atomic E-state index is 13.3. The van der Waals surface area contributed by atoms with Crippen molar-refractivity contribution in [3.8, 4) is 23.0 Å². The number of carbonyl (C=O) groups excluding carboxylic acids is 4. The summed E-state index contributed by atoms with van der Waals surface area (Å²) in [6.45, 7) is 1.87. The van der Waals surface area contributed by atoms with Gasteiger partial charge in [-0.2, -0.15) is 0 Å². The molecule has 0 spiro atoms. The van der Waals surface area contributed by atoms with E-state index >= 15 is 0 Å². The minimum absolute atomic E-state index is 0.0380. The molecule has 3 aromatic rings. The number of anilines is 1. The van der Waals surface area contributed by atoms with E-state index in [0.29, 0.717) is 34.1 Å². The zero-order valence-corrected chi connectivity index (χ0v) is 23.5. The number of carbonyl (C=O) groups is 4. The van der Waals surface area contributed by atoms with Crippen LogP contribution in [0, 0.1) is 0 Å². The van der Waals surface area contributed by atoms with E-state index in [4.69, 9.17) is 18.9 Å². The van der Waals surface area contributed by atoms with Crippen LogP contribution in [0.1, 0.15) is 40.7 Å². The summed E-state index contributed by atoms with van der Waals surface area (Å²) in [4.78, 5) is 54.1. The Morgan fingerprint density at radius 3 is 2.44 bits per heavy atom. The van der Waals surface area contributed by atoms with Crippen molar-refractivity contribution in [2.24, 2.45) is 0 Å². The summed E-state index contributed by atoms with van der Waals surface area (Å²) in [5, 5.41) is 2.21. The van der Waals surface area contributed by atoms with Crippen LogP contribution in [0.3, 0.4) is 0 Å². The molecule has 43 heavy (non-hydrogen) atoms. The third-order valence-corrected chi connectivity index (χ3v) is 7.45. The lowest BCUT2D eigenvalue weighted by Crippen LogP contribution is -2.54. The molecule has 3 aliphatic rings. The highest BCUT2D eigenvalue weighted by atomic mass is 16.7. The van der Waals surface area contributed by atoms with E-state index in [2.05, 4.69) is 5.32 Å². The summed E-state index contributed by atoms with van der Waals surface area (Å²) in [5.41, 5.74) is 2.02. The van der Waals surface area contributed by atoms with Gasteiger partial charge in [0.1, 0.15) is 12.2 Å². The quantitative estimate of drug-likeness (QED) is 0.323. The van der Waals surface area contributed by atoms with Gasteiger partial charge in [-0.3, -0.25) is 19.7 Å². The fourth-order valence-electron chi connectivity index (χ4n) is 5.16. The van der Waals surface area contributed by atoms with Crippen LogP contribution in [0.4, 0.5) is 10.5 Å². The van der Waals surface area contributed by atoms with Crippen LogP contribution < -0.4 is 29.2 Å². The van der Waals surface area contributed by atoms with Crippen LogP contribution in [-0.2, 0) is 16.2 Å². The van der Waals surface area contributed by atoms with E-state index in [9.17, 15) is 19.2 Å². The fourth-order valence-corrected chi connectivity index (χ4v) is 5.16. The second-order valence-corrected chi connectivity index (χ2v) is 10.2. The highest BCUT2D eigenvalue weighted by molar-refractivity contribution is 6.39. The third kappa shape index (κ3) is 5.74. The third-order valence-electron chi connectivity index (χ3n) is 7.45. The predicted molar refractivity (Wildman–Crippen MR) is 155 cm³/mol. The molecule has 0 saturated carbocycles. The van der Waals surface area contributed by atoms with Crippen molar-refractivity contribution >= 4 is 35.5 Å². The van der Waals surface area contributed by atoms with E-state index < -0.39 is 17.8 Å². The van der Waals surface area contributed by atoms with Gasteiger partial charge in [0.25, 0.3) is 17.7 Å². The number of barbiturate groups is 1. The van der Waals surface area contributed by atoms with Gasteiger partial charge < -0.3 is 23.8 Å². The molecule has 6 rings (SSSR count). The highest BCUT2D eigenvalue weighted by Crippen LogP contribution is 2.37. The molecule has 0 aliphatic carbocycles. The average molecular weight is 584 g/mol. The monoisotopic (exact) mass is 583 g/mol. The van der Waals surface area contributed by atoms with E-state index in [1.807, 2.05) is 29.2 Å². The van der Waals surface area contributed by atoms with Gasteiger partial charge >= 0.3 is 6.03 Å². The first-order valence-electron chi connectivity index (χ1n) is 13.9. The number of piperidine rings is 1. The maximum Gasteiger partial charge on any atom is 0.335 e. The summed E-state index contributed by atoms with van der Waals surface area (Å²) in [6, 6.07) is 16.1. The molecular weight excluding hydrogens is 554 g/mol. The number of likely N-dealkylation sites (tertiary alicyclic amines) is 1. The zero-order chi connectivity index (χ0) is 29.9. The Bertz CT molecular complexity index is 1630. The summed E-state index contributed by atoms with van der Waals surface area (Å²) >= 11 is 0. The highest BCUT2D eigenvalue weighted by Gasteiger charge is 2.37. The number of benzene rings is 3. The molecule has 0 radical (unpaired) electrons. The Labute approximate surface area is 247 Å². The first-order chi connectivity index (χ1) is 20.9. The molecule has 11 nitrogen and oxygen atoms in total. The van der Waals surface area contributed by atoms with Crippen LogP contribution in [-0.4, -0.2) is 55.6 Å². The van der Waals surface area contributed by atoms with E-state index in [1.54, 1.807) is 24.3 Å². The molecule has 2 fully saturated rings. The first kappa shape index (κ1) is 27.8. The molecular formula is C32H29N3O8. The normalized spacial score (nSPS) is 17.2. The average Bonchev–Trinajstić information content (AvgIpc) is 3.51. The number of urea groups is 1. The van der Waals surface area contributed by atoms with Crippen LogP contribution in [0.25, 0.3) is 6.08 Å². The van der Waals surface area contributed by atoms with Gasteiger partial charge in [0.2, 0.25) is 6.79 Å². The second kappa shape index (κ2) is 11.9. The molecule has 1 N–H and O–H groups in total. The summed E-state index contributed by atoms with van der Waals surface area (Å²) < 4.78 is 22.1. The molecule has 220 valence electrons. The van der Waals surface area contributed by atoms with Crippen molar-refractivity contribution in [3.63, 3.8) is 0 Å². The minimum Gasteiger partial charge on any atom is -0.493 e. The number of nitrogens with one attached hydrogen (secondary N) is 1. The lowest BCUT2D eigenvalue weighted by Gasteiger charge is -2.26. The van der Waals surface area contributed by atoms with Crippen LogP contribution in [0.2, 0.25) is 0 Å². The van der Waals surface area contributed by atoms with Crippen LogP contribution >= 0.6 is 0 Å². The summed E-state index contributed by atoms with van der Waals surface area (Å²) in [6.07, 6.45) is 4.63. The van der Waals surface area contributed by atoms with Gasteiger partial charge in [0.05, 0.1) is 12.8 Å². The zero-order valence-electron chi connectivity index (χ0n) is 23.5. The fraction of sp³-hybridized carbons (Fsp3) is 0.250. The van der Waals surface area contributed by atoms with Crippen molar-refractivity contribution < 1.29 is 38.1 Å². The summed E-state index contributed by atoms with van der Waals surface area (Å²) in [7, 11) is 1.48. The number of hydrogen-bond donors (Lipinski definition) is 1. The van der Waals surface area contributed by atoms with Gasteiger partial charge in [0, 0.05) is 24.7 Å². The Kier molecular flexibility index (Phi) is 7.69. The molecule has 0 atom stereocenters. The van der Waals surface area contributed by atoms with Gasteiger partial charge in [-0.15, -0.1) is 0 Å². The van der Waals surface area contributed by atoms with Crippen molar-refractivity contribution in [3.05, 3.63) is 82.9 Å². The lowest BCUT2D eigenvalue weighted by molar-refractivity contribution is -0.122. The number of amides is 5. The number of methoxy groups -OCH3 is 1. The molecule has 0 aromatic heterocycles. The van der Waals surface area contributed by atoms with Gasteiger partial charge in [-0.05, 0) is 72.9 Å². The van der Waals surface area contributed by atoms with Crippen molar-refractivity contribution in [1.29, 1.82) is 0 Å². The Morgan fingerprint density at radius 1 is 0.907 bits per heavy atom. The van der Waals surface area contributed by atoms with E-state index in [-0.39, 0.29) is 30.6 Å². The molecule has 2 saturated heterocycles. The minimum atomic E-state index is -0.865. The first-order valence-corrected chi connectivity index (χ1v) is 13.9. The number of imide groups is 2. The SMILES string of the molecule is COc1cc(/C=C2\C(=O)NC(=O)N(c3ccc4c(c3)OCO4)C2=O)ccc1OCc1ccc(C(=O)N2CCCCC2)cc1. The largest absolute Gasteiger partial charge is 0.493 e. The maximum absolute atomic E-state index is 13.3. The van der Waals surface area contributed by atoms with Crippen molar-refractivity contribution in [2.45, 2.75) is 25.9 Å². The molecule has 5 amide bonds. The van der Waals surface area contributed by atoms with Crippen molar-refractivity contribution in [2.75, 3.05) is 31.9 Å². The number of fused-ring (bicyclic) bond motifs is 1. The molecule has 11 heteroatoms. The van der Waals surface area contributed by atoms with Gasteiger partial charge in [0.15, 0.2) is 23.0 Å². The number of rotatable bonds is 7. The van der Waals surface area contributed by atoms with Crippen LogP contribution in [0.15, 0.2) is 66.2 Å². The van der Waals surface area contributed by atoms with E-state index in [0.717, 1.165) is 42.8 Å². The number of nitrogens with zero attached hydrogens (tertiary/aromatic N) is 2. The second-order valence-electron chi connectivity index (χ2n) is 10.2.